The molecule has 0 bridgehead atoms. The molecular formula is C59H58ClF6N15. The van der Waals surface area contributed by atoms with Crippen molar-refractivity contribution in [2.45, 2.75) is 130 Å². The van der Waals surface area contributed by atoms with Crippen LogP contribution in [0.5, 0.6) is 0 Å². The van der Waals surface area contributed by atoms with E-state index in [1.165, 1.54) is 40.1 Å². The number of nitrogens with zero attached hydrogens (tertiary/aromatic N) is 13. The van der Waals surface area contributed by atoms with Crippen molar-refractivity contribution in [3.8, 4) is 18.2 Å². The van der Waals surface area contributed by atoms with E-state index in [1.54, 1.807) is 44.3 Å². The topological polar surface area (TPSA) is 208 Å². The molecule has 15 nitrogen and oxygen atoms in total. The number of aromatic nitrogens is 10. The number of benzene rings is 2. The van der Waals surface area contributed by atoms with E-state index in [1.807, 2.05) is 12.1 Å². The van der Waals surface area contributed by atoms with E-state index >= 15 is 0 Å². The maximum atomic E-state index is 13.9. The van der Waals surface area contributed by atoms with Crippen LogP contribution in [0, 0.1) is 70.6 Å². The van der Waals surface area contributed by atoms with Crippen molar-refractivity contribution < 1.29 is 26.3 Å². The molecule has 6 aromatic heterocycles. The third kappa shape index (κ3) is 12.1. The standard InChI is InChI=1S/C30H29F3N8.C29H29ClF3N7/c1-17-21(5-6-25(31)38-17)22(24-15-41(40-39-24)30(7-8-30)28(32)33)10-18-9-19(12-34)26-23(11-18)27(20(13-35)14-36-26)37-16-29(2,3)4;1-16-19(5-6-24(31)37-16)20(23-14-40(39-38-23)29(7-8-29)27(32)33)9-17-10-21-25(36-15-28(2,3)4)18(12-34)13-35-26(21)22(30)11-17/h5-6,9,11,14-15,22,28H,7-8,10,16H2,1-4H3,(H,36,37);5-6,10-11,13-14,20,27H,7-9,15H2,1-4H3,(H,35,36)/t22-;20-/m00/s1. The number of rotatable bonds is 16. The summed E-state index contributed by atoms with van der Waals surface area (Å²) >= 11 is 6.70. The fourth-order valence-corrected chi connectivity index (χ4v) is 10.2. The predicted molar refractivity (Wildman–Crippen MR) is 294 cm³/mol. The SMILES string of the molecule is Cc1nc(F)ccc1[C@H](Cc1cc(C#N)c2ncc(C#N)c(NCC(C)(C)C)c2c1)c1cn(C2(C(F)F)CC2)nn1.Cc1nc(F)ccc1[C@H](Cc1cc(Cl)c2ncc(C#N)c(NCC(C)(C)C)c2c1)c1cn(C2(C(F)F)CC2)nn1. The van der Waals surface area contributed by atoms with Gasteiger partial charge in [0.1, 0.15) is 29.3 Å². The first-order valence-corrected chi connectivity index (χ1v) is 26.7. The third-order valence-electron chi connectivity index (χ3n) is 14.8. The molecule has 10 rings (SSSR count). The summed E-state index contributed by atoms with van der Waals surface area (Å²) < 4.78 is 85.6. The van der Waals surface area contributed by atoms with Crippen molar-refractivity contribution in [2.24, 2.45) is 10.8 Å². The van der Waals surface area contributed by atoms with Crippen LogP contribution in [-0.2, 0) is 23.9 Å². The zero-order valence-electron chi connectivity index (χ0n) is 45.9. The number of aryl methyl sites for hydroxylation is 2. The molecule has 0 unspecified atom stereocenters. The Morgan fingerprint density at radius 1 is 0.605 bits per heavy atom. The number of hydrogen-bond donors (Lipinski definition) is 2. The summed E-state index contributed by atoms with van der Waals surface area (Å²) in [6.45, 7) is 17.0. The highest BCUT2D eigenvalue weighted by atomic mass is 35.5. The van der Waals surface area contributed by atoms with Crippen LogP contribution in [0.25, 0.3) is 21.8 Å². The molecule has 418 valence electrons. The summed E-state index contributed by atoms with van der Waals surface area (Å²) in [5.41, 5.74) is 5.16. The number of nitriles is 3. The number of halogens is 7. The fourth-order valence-electron chi connectivity index (χ4n) is 9.95. The predicted octanol–water partition coefficient (Wildman–Crippen LogP) is 12.8. The number of alkyl halides is 4. The van der Waals surface area contributed by atoms with Crippen LogP contribution < -0.4 is 10.6 Å². The summed E-state index contributed by atoms with van der Waals surface area (Å²) in [5, 5.41) is 54.8. The minimum atomic E-state index is -2.58. The lowest BCUT2D eigenvalue weighted by atomic mass is 9.87. The fraction of sp³-hybridized carbons (Fsp3) is 0.407. The second-order valence-electron chi connectivity index (χ2n) is 23.4. The molecule has 2 N–H and O–H groups in total. The average Bonchev–Trinajstić information content (AvgIpc) is 4.47. The highest BCUT2D eigenvalue weighted by Crippen LogP contribution is 2.50. The molecule has 8 aromatic rings. The molecule has 2 saturated carbocycles. The van der Waals surface area contributed by atoms with E-state index in [9.17, 15) is 42.1 Å². The maximum absolute atomic E-state index is 13.9. The van der Waals surface area contributed by atoms with Crippen molar-refractivity contribution >= 4 is 44.8 Å². The summed E-state index contributed by atoms with van der Waals surface area (Å²) in [6.07, 6.45) is 2.82. The molecule has 6 heterocycles. The average molecular weight is 1130 g/mol. The van der Waals surface area contributed by atoms with Gasteiger partial charge in [-0.15, -0.1) is 10.2 Å². The normalized spacial score (nSPS) is 15.1. The van der Waals surface area contributed by atoms with Crippen molar-refractivity contribution in [1.29, 1.82) is 15.8 Å². The van der Waals surface area contributed by atoms with E-state index in [4.69, 9.17) is 11.6 Å². The lowest BCUT2D eigenvalue weighted by Gasteiger charge is -2.22. The molecule has 0 aliphatic heterocycles. The summed E-state index contributed by atoms with van der Waals surface area (Å²) in [4.78, 5) is 16.8. The van der Waals surface area contributed by atoms with Crippen molar-refractivity contribution in [1.82, 2.24) is 49.9 Å². The van der Waals surface area contributed by atoms with Crippen LogP contribution in [0.2, 0.25) is 5.02 Å². The van der Waals surface area contributed by atoms with Crippen LogP contribution >= 0.6 is 11.6 Å². The Bertz CT molecular complexity index is 3820. The van der Waals surface area contributed by atoms with E-state index < -0.39 is 47.7 Å². The number of hydrogen-bond acceptors (Lipinski definition) is 13. The van der Waals surface area contributed by atoms with Gasteiger partial charge in [0, 0.05) is 71.9 Å². The Kier molecular flexibility index (Phi) is 15.9. The van der Waals surface area contributed by atoms with Crippen LogP contribution in [-0.4, -0.2) is 75.9 Å². The minimum Gasteiger partial charge on any atom is -0.383 e. The maximum Gasteiger partial charge on any atom is 0.263 e. The molecular weight excluding hydrogens is 1070 g/mol. The van der Waals surface area contributed by atoms with Gasteiger partial charge in [0.05, 0.1) is 55.5 Å². The first-order chi connectivity index (χ1) is 38.4. The molecule has 2 fully saturated rings. The molecule has 2 aliphatic rings. The smallest absolute Gasteiger partial charge is 0.263 e. The number of pyridine rings is 4. The van der Waals surface area contributed by atoms with Gasteiger partial charge < -0.3 is 10.6 Å². The molecule has 0 amide bonds. The zero-order valence-corrected chi connectivity index (χ0v) is 46.6. The Balaban J connectivity index is 0.000000196. The first kappa shape index (κ1) is 57.5. The Morgan fingerprint density at radius 3 is 1.40 bits per heavy atom. The number of nitrogens with one attached hydrogen (secondary N) is 2. The zero-order chi connectivity index (χ0) is 58.3. The summed E-state index contributed by atoms with van der Waals surface area (Å²) in [6, 6.07) is 19.7. The number of anilines is 2. The second kappa shape index (κ2) is 22.4. The number of fused-ring (bicyclic) bond motifs is 2. The highest BCUT2D eigenvalue weighted by Gasteiger charge is 2.55. The molecule has 2 aliphatic carbocycles. The summed E-state index contributed by atoms with van der Waals surface area (Å²) in [5.74, 6) is -2.24. The minimum absolute atomic E-state index is 0.0507. The van der Waals surface area contributed by atoms with Gasteiger partial charge in [0.15, 0.2) is 0 Å². The molecule has 2 aromatic carbocycles. The van der Waals surface area contributed by atoms with Gasteiger partial charge in [-0.2, -0.15) is 24.6 Å². The van der Waals surface area contributed by atoms with Crippen molar-refractivity contribution in [3.05, 3.63) is 152 Å². The third-order valence-corrected chi connectivity index (χ3v) is 15.1. The molecule has 2 atom stereocenters. The van der Waals surface area contributed by atoms with Crippen molar-refractivity contribution in [3.63, 3.8) is 0 Å². The van der Waals surface area contributed by atoms with E-state index in [-0.39, 0.29) is 17.3 Å². The molecule has 0 radical (unpaired) electrons. The molecule has 81 heavy (non-hydrogen) atoms. The van der Waals surface area contributed by atoms with Gasteiger partial charge in [0.25, 0.3) is 12.9 Å². The monoisotopic (exact) mass is 1130 g/mol. The van der Waals surface area contributed by atoms with Crippen molar-refractivity contribution in [2.75, 3.05) is 23.7 Å². The lowest BCUT2D eigenvalue weighted by Crippen LogP contribution is -2.26. The Morgan fingerprint density at radius 2 is 1.01 bits per heavy atom. The van der Waals surface area contributed by atoms with Crippen LogP contribution in [0.1, 0.15) is 141 Å². The highest BCUT2D eigenvalue weighted by molar-refractivity contribution is 6.35. The lowest BCUT2D eigenvalue weighted by molar-refractivity contribution is 0.0590. The quantitative estimate of drug-likeness (QED) is 0.0682. The summed E-state index contributed by atoms with van der Waals surface area (Å²) in [7, 11) is 0. The van der Waals surface area contributed by atoms with Gasteiger partial charge in [-0.3, -0.25) is 9.97 Å². The molecule has 0 saturated heterocycles. The van der Waals surface area contributed by atoms with E-state index in [0.29, 0.717) is 134 Å². The second-order valence-corrected chi connectivity index (χ2v) is 23.8. The van der Waals surface area contributed by atoms with Crippen LogP contribution in [0.4, 0.5) is 37.7 Å². The molecule has 22 heteroatoms. The van der Waals surface area contributed by atoms with E-state index in [2.05, 4.69) is 111 Å². The van der Waals surface area contributed by atoms with Gasteiger partial charge in [-0.05, 0) is 122 Å². The van der Waals surface area contributed by atoms with E-state index in [0.717, 1.165) is 11.1 Å². The van der Waals surface area contributed by atoms with Gasteiger partial charge in [0.2, 0.25) is 11.9 Å². The Hall–Kier alpha value is -8.22. The first-order valence-electron chi connectivity index (χ1n) is 26.3. The van der Waals surface area contributed by atoms with Gasteiger partial charge in [-0.25, -0.2) is 36.9 Å². The largest absolute Gasteiger partial charge is 0.383 e. The van der Waals surface area contributed by atoms with Gasteiger partial charge >= 0.3 is 0 Å². The van der Waals surface area contributed by atoms with Gasteiger partial charge in [-0.1, -0.05) is 75.7 Å². The van der Waals surface area contributed by atoms with Crippen LogP contribution in [0.3, 0.4) is 0 Å². The Labute approximate surface area is 469 Å². The van der Waals surface area contributed by atoms with Crippen LogP contribution in [0.15, 0.2) is 73.3 Å². The molecule has 0 spiro atoms.